The van der Waals surface area contributed by atoms with Crippen LogP contribution < -0.4 is 10.1 Å². The fourth-order valence-corrected chi connectivity index (χ4v) is 2.01. The van der Waals surface area contributed by atoms with Gasteiger partial charge in [-0.05, 0) is 25.5 Å². The molecule has 1 atom stereocenters. The Labute approximate surface area is 109 Å². The molecule has 96 valence electrons. The number of methoxy groups -OCH3 is 1. The average molecular weight is 258 g/mol. The highest BCUT2D eigenvalue weighted by molar-refractivity contribution is 5.85. The Balaban J connectivity index is 0.00000144. The van der Waals surface area contributed by atoms with Gasteiger partial charge < -0.3 is 9.47 Å². The number of hydrogen-bond donors (Lipinski definition) is 1. The summed E-state index contributed by atoms with van der Waals surface area (Å²) in [6.07, 6.45) is 0.930. The quantitative estimate of drug-likeness (QED) is 0.902. The van der Waals surface area contributed by atoms with Crippen molar-refractivity contribution in [2.45, 2.75) is 32.0 Å². The largest absolute Gasteiger partial charge is 0.496 e. The summed E-state index contributed by atoms with van der Waals surface area (Å²) < 4.78 is 11.0. The minimum absolute atomic E-state index is 0. The molecule has 1 aliphatic heterocycles. The number of nitrogens with one attached hydrogen (secondary N) is 1. The SMILES string of the molecule is COc1ccccc1CC1NC(C)(C)CO1.Cl. The normalized spacial score (nSPS) is 21.9. The smallest absolute Gasteiger partial charge is 0.122 e. The predicted octanol–water partition coefficient (Wildman–Crippen LogP) is 2.38. The minimum Gasteiger partial charge on any atom is -0.496 e. The second kappa shape index (κ2) is 5.71. The van der Waals surface area contributed by atoms with Crippen LogP contribution >= 0.6 is 12.4 Å². The summed E-state index contributed by atoms with van der Waals surface area (Å²) in [7, 11) is 1.70. The molecule has 1 heterocycles. The van der Waals surface area contributed by atoms with E-state index in [0.717, 1.165) is 18.8 Å². The van der Waals surface area contributed by atoms with E-state index in [1.54, 1.807) is 7.11 Å². The molecule has 17 heavy (non-hydrogen) atoms. The molecule has 3 nitrogen and oxygen atoms in total. The third-order valence-electron chi connectivity index (χ3n) is 2.79. The van der Waals surface area contributed by atoms with Crippen molar-refractivity contribution in [1.82, 2.24) is 5.32 Å². The monoisotopic (exact) mass is 257 g/mol. The molecule has 0 aliphatic carbocycles. The number of benzene rings is 1. The third kappa shape index (κ3) is 3.60. The van der Waals surface area contributed by atoms with Crippen molar-refractivity contribution in [3.8, 4) is 5.75 Å². The molecule has 4 heteroatoms. The van der Waals surface area contributed by atoms with Crippen LogP contribution in [-0.4, -0.2) is 25.5 Å². The third-order valence-corrected chi connectivity index (χ3v) is 2.79. The molecule has 0 saturated carbocycles. The van der Waals surface area contributed by atoms with E-state index in [9.17, 15) is 0 Å². The van der Waals surface area contributed by atoms with Crippen LogP contribution in [0, 0.1) is 0 Å². The van der Waals surface area contributed by atoms with Gasteiger partial charge in [0.25, 0.3) is 0 Å². The van der Waals surface area contributed by atoms with E-state index in [2.05, 4.69) is 25.2 Å². The van der Waals surface area contributed by atoms with Crippen molar-refractivity contribution < 1.29 is 9.47 Å². The Hall–Kier alpha value is -0.770. The lowest BCUT2D eigenvalue weighted by molar-refractivity contribution is 0.0982. The number of para-hydroxylation sites is 1. The zero-order valence-corrected chi connectivity index (χ0v) is 11.3. The van der Waals surface area contributed by atoms with Gasteiger partial charge in [-0.2, -0.15) is 0 Å². The van der Waals surface area contributed by atoms with Crippen LogP contribution in [0.3, 0.4) is 0 Å². The lowest BCUT2D eigenvalue weighted by Gasteiger charge is -2.17. The Morgan fingerprint density at radius 2 is 2.12 bits per heavy atom. The van der Waals surface area contributed by atoms with E-state index in [4.69, 9.17) is 9.47 Å². The molecule has 0 aromatic heterocycles. The highest BCUT2D eigenvalue weighted by atomic mass is 35.5. The van der Waals surface area contributed by atoms with Gasteiger partial charge >= 0.3 is 0 Å². The van der Waals surface area contributed by atoms with E-state index >= 15 is 0 Å². The Morgan fingerprint density at radius 3 is 2.71 bits per heavy atom. The van der Waals surface area contributed by atoms with Crippen LogP contribution in [0.1, 0.15) is 19.4 Å². The summed E-state index contributed by atoms with van der Waals surface area (Å²) in [5.74, 6) is 0.928. The van der Waals surface area contributed by atoms with Gasteiger partial charge in [0.1, 0.15) is 12.0 Å². The maximum absolute atomic E-state index is 5.70. The van der Waals surface area contributed by atoms with Gasteiger partial charge in [0.15, 0.2) is 0 Å². The van der Waals surface area contributed by atoms with Crippen LogP contribution in [0.5, 0.6) is 5.75 Å². The maximum atomic E-state index is 5.70. The molecule has 1 aromatic carbocycles. The van der Waals surface area contributed by atoms with Crippen LogP contribution in [0.4, 0.5) is 0 Å². The van der Waals surface area contributed by atoms with Crippen molar-refractivity contribution in [1.29, 1.82) is 0 Å². The van der Waals surface area contributed by atoms with Crippen LogP contribution in [0.15, 0.2) is 24.3 Å². The standard InChI is InChI=1S/C13H19NO2.ClH/c1-13(2)9-16-12(14-13)8-10-6-4-5-7-11(10)15-3;/h4-7,12,14H,8-9H2,1-3H3;1H. The van der Waals surface area contributed by atoms with Gasteiger partial charge in [-0.1, -0.05) is 18.2 Å². The van der Waals surface area contributed by atoms with Crippen LogP contribution in [0.25, 0.3) is 0 Å². The van der Waals surface area contributed by atoms with E-state index in [1.807, 2.05) is 18.2 Å². The molecule has 1 unspecified atom stereocenters. The van der Waals surface area contributed by atoms with E-state index in [-0.39, 0.29) is 24.2 Å². The Morgan fingerprint density at radius 1 is 1.41 bits per heavy atom. The Kier molecular flexibility index (Phi) is 4.80. The summed E-state index contributed by atoms with van der Waals surface area (Å²) in [5.41, 5.74) is 1.26. The van der Waals surface area contributed by atoms with Crippen LogP contribution in [-0.2, 0) is 11.2 Å². The molecule has 1 aromatic rings. The number of ether oxygens (including phenoxy) is 2. The molecular formula is C13H20ClNO2. The fourth-order valence-electron chi connectivity index (χ4n) is 2.01. The predicted molar refractivity (Wildman–Crippen MR) is 70.9 cm³/mol. The number of halogens is 1. The van der Waals surface area contributed by atoms with E-state index < -0.39 is 0 Å². The first-order valence-corrected chi connectivity index (χ1v) is 5.62. The molecule has 0 radical (unpaired) electrons. The van der Waals surface area contributed by atoms with E-state index in [0.29, 0.717) is 0 Å². The molecule has 0 bridgehead atoms. The molecule has 0 amide bonds. The van der Waals surface area contributed by atoms with E-state index in [1.165, 1.54) is 5.56 Å². The van der Waals surface area contributed by atoms with Crippen molar-refractivity contribution in [2.24, 2.45) is 0 Å². The lowest BCUT2D eigenvalue weighted by atomic mass is 10.1. The zero-order chi connectivity index (χ0) is 11.6. The molecule has 0 spiro atoms. The topological polar surface area (TPSA) is 30.5 Å². The molecule has 1 N–H and O–H groups in total. The molecule has 2 rings (SSSR count). The van der Waals surface area contributed by atoms with Gasteiger partial charge in [-0.3, -0.25) is 5.32 Å². The van der Waals surface area contributed by atoms with Gasteiger partial charge in [0.05, 0.1) is 13.7 Å². The van der Waals surface area contributed by atoms with Gasteiger partial charge in [-0.25, -0.2) is 0 Å². The van der Waals surface area contributed by atoms with Crippen LogP contribution in [0.2, 0.25) is 0 Å². The Bertz CT molecular complexity index is 368. The molecule has 1 saturated heterocycles. The van der Waals surface area contributed by atoms with Crippen molar-refractivity contribution in [3.05, 3.63) is 29.8 Å². The van der Waals surface area contributed by atoms with Crippen molar-refractivity contribution in [3.63, 3.8) is 0 Å². The van der Waals surface area contributed by atoms with Gasteiger partial charge in [0, 0.05) is 12.0 Å². The average Bonchev–Trinajstić information content (AvgIpc) is 2.59. The first-order valence-electron chi connectivity index (χ1n) is 5.62. The molecule has 1 fully saturated rings. The molecule has 1 aliphatic rings. The summed E-state index contributed by atoms with van der Waals surface area (Å²) in [6.45, 7) is 5.05. The second-order valence-electron chi connectivity index (χ2n) is 4.84. The number of hydrogen-bond acceptors (Lipinski definition) is 3. The van der Waals surface area contributed by atoms with Gasteiger partial charge in [0.2, 0.25) is 0 Å². The molecular weight excluding hydrogens is 238 g/mol. The second-order valence-corrected chi connectivity index (χ2v) is 4.84. The summed E-state index contributed by atoms with van der Waals surface area (Å²) in [4.78, 5) is 0. The first-order chi connectivity index (χ1) is 7.61. The highest BCUT2D eigenvalue weighted by Crippen LogP contribution is 2.22. The lowest BCUT2D eigenvalue weighted by Crippen LogP contribution is -2.39. The summed E-state index contributed by atoms with van der Waals surface area (Å²) in [5, 5.41) is 3.45. The summed E-state index contributed by atoms with van der Waals surface area (Å²) in [6, 6.07) is 8.07. The van der Waals surface area contributed by atoms with Gasteiger partial charge in [-0.15, -0.1) is 12.4 Å². The van der Waals surface area contributed by atoms with Crippen molar-refractivity contribution >= 4 is 12.4 Å². The van der Waals surface area contributed by atoms with Crippen molar-refractivity contribution in [2.75, 3.05) is 13.7 Å². The zero-order valence-electron chi connectivity index (χ0n) is 10.5. The minimum atomic E-state index is 0. The highest BCUT2D eigenvalue weighted by Gasteiger charge is 2.31. The summed E-state index contributed by atoms with van der Waals surface area (Å²) >= 11 is 0. The number of rotatable bonds is 3. The fraction of sp³-hybridized carbons (Fsp3) is 0.538. The maximum Gasteiger partial charge on any atom is 0.122 e. The first kappa shape index (κ1) is 14.3.